The molecule has 0 aliphatic carbocycles. The third-order valence-corrected chi connectivity index (χ3v) is 6.11. The van der Waals surface area contributed by atoms with Crippen molar-refractivity contribution in [2.24, 2.45) is 0 Å². The standard InChI is InChI=1S/C21H17N3O4S/c25-18(23-21-22-16-5-1-2-6-17(16)29-21)12-7-8-14-15(10-12)20(27)24(19(14)26)11-13-4-3-9-28-13/h1-2,5-8,10,13H,3-4,9,11H2,(H,22,23,25). The topological polar surface area (TPSA) is 88.6 Å². The van der Waals surface area contributed by atoms with Crippen LogP contribution in [-0.4, -0.2) is 46.9 Å². The number of fused-ring (bicyclic) bond motifs is 2. The van der Waals surface area contributed by atoms with E-state index in [0.29, 0.717) is 22.9 Å². The molecule has 1 unspecified atom stereocenters. The Hall–Kier alpha value is -3.10. The molecule has 3 heterocycles. The zero-order chi connectivity index (χ0) is 20.0. The lowest BCUT2D eigenvalue weighted by molar-refractivity contribution is 0.0475. The van der Waals surface area contributed by atoms with Crippen molar-refractivity contribution < 1.29 is 19.1 Å². The molecule has 0 saturated carbocycles. The van der Waals surface area contributed by atoms with Crippen molar-refractivity contribution in [2.75, 3.05) is 18.5 Å². The number of thiazole rings is 1. The number of amides is 3. The highest BCUT2D eigenvalue weighted by atomic mass is 32.1. The number of aromatic nitrogens is 1. The van der Waals surface area contributed by atoms with Gasteiger partial charge in [0.25, 0.3) is 17.7 Å². The second-order valence-corrected chi connectivity index (χ2v) is 8.09. The molecule has 7 nitrogen and oxygen atoms in total. The smallest absolute Gasteiger partial charge is 0.261 e. The number of carbonyl (C=O) groups is 3. The number of hydrogen-bond acceptors (Lipinski definition) is 6. The highest BCUT2D eigenvalue weighted by Gasteiger charge is 2.38. The van der Waals surface area contributed by atoms with Crippen LogP contribution in [-0.2, 0) is 4.74 Å². The molecule has 1 atom stereocenters. The second kappa shape index (κ2) is 7.06. The van der Waals surface area contributed by atoms with Crippen LogP contribution >= 0.6 is 11.3 Å². The summed E-state index contributed by atoms with van der Waals surface area (Å²) in [6.45, 7) is 0.906. The first kappa shape index (κ1) is 18.0. The van der Waals surface area contributed by atoms with E-state index in [4.69, 9.17) is 4.74 Å². The van der Waals surface area contributed by atoms with Gasteiger partial charge >= 0.3 is 0 Å². The number of para-hydroxylation sites is 1. The molecule has 1 saturated heterocycles. The van der Waals surface area contributed by atoms with Crippen molar-refractivity contribution in [3.05, 3.63) is 59.2 Å². The second-order valence-electron chi connectivity index (χ2n) is 7.06. The average Bonchev–Trinajstić information content (AvgIpc) is 3.43. The first-order valence-corrected chi connectivity index (χ1v) is 10.2. The molecule has 2 aliphatic heterocycles. The number of rotatable bonds is 4. The number of carbonyl (C=O) groups excluding carboxylic acids is 3. The van der Waals surface area contributed by atoms with Crippen LogP contribution in [0, 0.1) is 0 Å². The maximum atomic E-state index is 12.8. The summed E-state index contributed by atoms with van der Waals surface area (Å²) >= 11 is 1.38. The van der Waals surface area contributed by atoms with Gasteiger partial charge < -0.3 is 4.74 Å². The first-order chi connectivity index (χ1) is 14.1. The van der Waals surface area contributed by atoms with Gasteiger partial charge in [-0.15, -0.1) is 0 Å². The molecule has 0 bridgehead atoms. The van der Waals surface area contributed by atoms with Crippen LogP contribution in [0.2, 0.25) is 0 Å². The van der Waals surface area contributed by atoms with Gasteiger partial charge in [-0.3, -0.25) is 24.6 Å². The zero-order valence-corrected chi connectivity index (χ0v) is 16.2. The van der Waals surface area contributed by atoms with Gasteiger partial charge in [0, 0.05) is 12.2 Å². The summed E-state index contributed by atoms with van der Waals surface area (Å²) < 4.78 is 6.52. The van der Waals surface area contributed by atoms with Crippen molar-refractivity contribution in [3.8, 4) is 0 Å². The lowest BCUT2D eigenvalue weighted by atomic mass is 10.1. The summed E-state index contributed by atoms with van der Waals surface area (Å²) in [5, 5.41) is 3.26. The van der Waals surface area contributed by atoms with E-state index in [1.54, 1.807) is 12.1 Å². The van der Waals surface area contributed by atoms with E-state index in [9.17, 15) is 14.4 Å². The maximum Gasteiger partial charge on any atom is 0.261 e. The summed E-state index contributed by atoms with van der Waals surface area (Å²) in [4.78, 5) is 43.6. The molecule has 29 heavy (non-hydrogen) atoms. The van der Waals surface area contributed by atoms with Crippen LogP contribution in [0.4, 0.5) is 5.13 Å². The average molecular weight is 407 g/mol. The normalized spacial score (nSPS) is 18.5. The predicted octanol–water partition coefficient (Wildman–Crippen LogP) is 3.32. The fraction of sp³-hybridized carbons (Fsp3) is 0.238. The Morgan fingerprint density at radius 2 is 2.00 bits per heavy atom. The molecular formula is C21H17N3O4S. The Morgan fingerprint density at radius 3 is 2.79 bits per heavy atom. The predicted molar refractivity (Wildman–Crippen MR) is 108 cm³/mol. The van der Waals surface area contributed by atoms with E-state index >= 15 is 0 Å². The summed E-state index contributed by atoms with van der Waals surface area (Å²) in [7, 11) is 0. The third-order valence-electron chi connectivity index (χ3n) is 5.16. The largest absolute Gasteiger partial charge is 0.376 e. The third kappa shape index (κ3) is 3.20. The molecule has 8 heteroatoms. The number of imide groups is 1. The van der Waals surface area contributed by atoms with Crippen LogP contribution in [0.5, 0.6) is 0 Å². The van der Waals surface area contributed by atoms with E-state index in [0.717, 1.165) is 23.1 Å². The summed E-state index contributed by atoms with van der Waals surface area (Å²) in [6.07, 6.45) is 1.66. The molecule has 2 aliphatic rings. The van der Waals surface area contributed by atoms with Crippen LogP contribution in [0.25, 0.3) is 10.2 Å². The fourth-order valence-corrected chi connectivity index (χ4v) is 4.55. The Kier molecular flexibility index (Phi) is 4.37. The maximum absolute atomic E-state index is 12.8. The van der Waals surface area contributed by atoms with Gasteiger partial charge in [-0.05, 0) is 43.2 Å². The first-order valence-electron chi connectivity index (χ1n) is 9.39. The summed E-state index contributed by atoms with van der Waals surface area (Å²) in [6, 6.07) is 12.2. The molecule has 0 spiro atoms. The van der Waals surface area contributed by atoms with Gasteiger partial charge in [0.05, 0.1) is 34.0 Å². The zero-order valence-electron chi connectivity index (χ0n) is 15.4. The molecule has 2 aromatic carbocycles. The number of anilines is 1. The Bertz CT molecular complexity index is 1120. The minimum Gasteiger partial charge on any atom is -0.376 e. The van der Waals surface area contributed by atoms with E-state index in [2.05, 4.69) is 10.3 Å². The van der Waals surface area contributed by atoms with E-state index in [1.807, 2.05) is 24.3 Å². The molecule has 146 valence electrons. The van der Waals surface area contributed by atoms with Gasteiger partial charge in [0.2, 0.25) is 0 Å². The quantitative estimate of drug-likeness (QED) is 0.670. The Balaban J connectivity index is 1.36. The minimum absolute atomic E-state index is 0.112. The minimum atomic E-state index is -0.380. The van der Waals surface area contributed by atoms with Gasteiger partial charge in [-0.2, -0.15) is 0 Å². The van der Waals surface area contributed by atoms with Gasteiger partial charge in [-0.25, -0.2) is 4.98 Å². The number of hydrogen-bond donors (Lipinski definition) is 1. The lowest BCUT2D eigenvalue weighted by Gasteiger charge is -2.17. The molecular weight excluding hydrogens is 390 g/mol. The SMILES string of the molecule is O=C(Nc1nc2ccccc2s1)c1ccc2c(c1)C(=O)N(CC1CCCO1)C2=O. The molecule has 3 amide bonds. The molecule has 5 rings (SSSR count). The van der Waals surface area contributed by atoms with E-state index < -0.39 is 0 Å². The van der Waals surface area contributed by atoms with Crippen molar-refractivity contribution in [1.82, 2.24) is 9.88 Å². The van der Waals surface area contributed by atoms with Crippen LogP contribution in [0.3, 0.4) is 0 Å². The Labute approximate surface area is 170 Å². The van der Waals surface area contributed by atoms with Crippen molar-refractivity contribution >= 4 is 44.4 Å². The lowest BCUT2D eigenvalue weighted by Crippen LogP contribution is -2.36. The number of nitrogens with one attached hydrogen (secondary N) is 1. The van der Waals surface area contributed by atoms with Crippen LogP contribution in [0.1, 0.15) is 43.9 Å². The fourth-order valence-electron chi connectivity index (χ4n) is 3.68. The Morgan fingerprint density at radius 1 is 1.17 bits per heavy atom. The van der Waals surface area contributed by atoms with Crippen LogP contribution in [0.15, 0.2) is 42.5 Å². The summed E-state index contributed by atoms with van der Waals surface area (Å²) in [5.41, 5.74) is 1.70. The van der Waals surface area contributed by atoms with E-state index in [-0.39, 0.29) is 35.9 Å². The summed E-state index contributed by atoms with van der Waals surface area (Å²) in [5.74, 6) is -1.08. The molecule has 1 fully saturated rings. The monoisotopic (exact) mass is 407 g/mol. The molecule has 1 aromatic heterocycles. The number of nitrogens with zero attached hydrogens (tertiary/aromatic N) is 2. The van der Waals surface area contributed by atoms with Crippen molar-refractivity contribution in [1.29, 1.82) is 0 Å². The van der Waals surface area contributed by atoms with Crippen molar-refractivity contribution in [3.63, 3.8) is 0 Å². The van der Waals surface area contributed by atoms with E-state index in [1.165, 1.54) is 22.3 Å². The highest BCUT2D eigenvalue weighted by Crippen LogP contribution is 2.28. The highest BCUT2D eigenvalue weighted by molar-refractivity contribution is 7.22. The van der Waals surface area contributed by atoms with Gasteiger partial charge in [0.1, 0.15) is 0 Å². The molecule has 3 aromatic rings. The molecule has 1 N–H and O–H groups in total. The van der Waals surface area contributed by atoms with Crippen LogP contribution < -0.4 is 5.32 Å². The van der Waals surface area contributed by atoms with Gasteiger partial charge in [-0.1, -0.05) is 23.5 Å². The number of benzene rings is 2. The number of ether oxygens (including phenoxy) is 1. The molecule has 0 radical (unpaired) electrons. The van der Waals surface area contributed by atoms with Gasteiger partial charge in [0.15, 0.2) is 5.13 Å². The van der Waals surface area contributed by atoms with Crippen molar-refractivity contribution in [2.45, 2.75) is 18.9 Å².